The molecule has 1 aromatic carbocycles. The first-order chi connectivity index (χ1) is 10.8. The zero-order chi connectivity index (χ0) is 17.0. The van der Waals surface area contributed by atoms with E-state index in [1.807, 2.05) is 0 Å². The Labute approximate surface area is 137 Å². The highest BCUT2D eigenvalue weighted by molar-refractivity contribution is 6.04. The number of amides is 1. The van der Waals surface area contributed by atoms with Crippen molar-refractivity contribution in [2.45, 2.75) is 26.3 Å². The molecule has 1 aromatic rings. The molecule has 0 atom stereocenters. The predicted molar refractivity (Wildman–Crippen MR) is 92.2 cm³/mol. The second kappa shape index (κ2) is 7.10. The van der Waals surface area contributed by atoms with Crippen LogP contribution >= 0.6 is 0 Å². The molecule has 0 aromatic heterocycles. The van der Waals surface area contributed by atoms with Crippen LogP contribution in [0.1, 0.15) is 36.7 Å². The molecule has 0 aliphatic carbocycles. The summed E-state index contributed by atoms with van der Waals surface area (Å²) in [5.74, 6) is -0.145. The first-order valence-corrected chi connectivity index (χ1v) is 7.87. The van der Waals surface area contributed by atoms with Gasteiger partial charge in [-0.2, -0.15) is 0 Å². The van der Waals surface area contributed by atoms with Gasteiger partial charge in [-0.25, -0.2) is 0 Å². The van der Waals surface area contributed by atoms with Crippen LogP contribution in [0.3, 0.4) is 0 Å². The van der Waals surface area contributed by atoms with Gasteiger partial charge in [0.25, 0.3) is 5.91 Å². The normalized spacial score (nSPS) is 16.1. The Morgan fingerprint density at radius 3 is 2.65 bits per heavy atom. The lowest BCUT2D eigenvalue weighted by Gasteiger charge is -2.40. The molecule has 1 fully saturated rings. The van der Waals surface area contributed by atoms with Crippen molar-refractivity contribution < 1.29 is 9.53 Å². The average molecular weight is 318 g/mol. The van der Waals surface area contributed by atoms with E-state index < -0.39 is 0 Å². The van der Waals surface area contributed by atoms with Gasteiger partial charge in [-0.1, -0.05) is 0 Å². The highest BCUT2D eigenvalue weighted by Gasteiger charge is 2.28. The van der Waals surface area contributed by atoms with E-state index in [1.54, 1.807) is 25.1 Å². The zero-order valence-corrected chi connectivity index (χ0v) is 14.1. The van der Waals surface area contributed by atoms with E-state index >= 15 is 0 Å². The lowest BCUT2D eigenvalue weighted by Crippen LogP contribution is -2.55. The number of ether oxygens (including phenoxy) is 1. The van der Waals surface area contributed by atoms with Crippen LogP contribution in [0.15, 0.2) is 18.2 Å². The summed E-state index contributed by atoms with van der Waals surface area (Å²) in [6, 6.07) is 5.04. The maximum atomic E-state index is 12.4. The standard InChI is InChI=1S/C17H26N4O2/c1-12(18)14-10-13(4-5-15(14)19)16(22)20-11-17(2,3)21-6-8-23-9-7-21/h4-5,10,18H,6-9,11,19H2,1-3H3,(H,20,22). The highest BCUT2D eigenvalue weighted by atomic mass is 16.5. The Balaban J connectivity index is 2.01. The van der Waals surface area contributed by atoms with Crippen molar-refractivity contribution in [3.63, 3.8) is 0 Å². The molecular weight excluding hydrogens is 292 g/mol. The Bertz CT molecular complexity index is 592. The number of benzene rings is 1. The van der Waals surface area contributed by atoms with Crippen LogP contribution in [0.25, 0.3) is 0 Å². The first-order valence-electron chi connectivity index (χ1n) is 7.87. The van der Waals surface area contributed by atoms with Crippen LogP contribution < -0.4 is 11.1 Å². The number of carbonyl (C=O) groups is 1. The molecular formula is C17H26N4O2. The number of nitrogens with two attached hydrogens (primary N) is 1. The third-order valence-electron chi connectivity index (χ3n) is 4.27. The van der Waals surface area contributed by atoms with Crippen molar-refractivity contribution in [2.24, 2.45) is 0 Å². The summed E-state index contributed by atoms with van der Waals surface area (Å²) >= 11 is 0. The number of nitrogens with one attached hydrogen (secondary N) is 2. The van der Waals surface area contributed by atoms with Crippen LogP contribution in [0, 0.1) is 5.41 Å². The summed E-state index contributed by atoms with van der Waals surface area (Å²) in [4.78, 5) is 14.7. The molecule has 0 radical (unpaired) electrons. The van der Waals surface area contributed by atoms with E-state index in [9.17, 15) is 4.79 Å². The van der Waals surface area contributed by atoms with Gasteiger partial charge in [0.05, 0.1) is 13.2 Å². The largest absolute Gasteiger partial charge is 0.398 e. The maximum absolute atomic E-state index is 12.4. The highest BCUT2D eigenvalue weighted by Crippen LogP contribution is 2.17. The molecule has 0 unspecified atom stereocenters. The number of carbonyl (C=O) groups excluding carboxylic acids is 1. The molecule has 1 amide bonds. The van der Waals surface area contributed by atoms with Crippen LogP contribution in [-0.4, -0.2) is 54.9 Å². The van der Waals surface area contributed by atoms with Crippen molar-refractivity contribution in [3.8, 4) is 0 Å². The summed E-state index contributed by atoms with van der Waals surface area (Å²) < 4.78 is 5.38. The van der Waals surface area contributed by atoms with E-state index in [2.05, 4.69) is 24.1 Å². The lowest BCUT2D eigenvalue weighted by molar-refractivity contribution is -0.00923. The van der Waals surface area contributed by atoms with E-state index in [1.165, 1.54) is 0 Å². The topological polar surface area (TPSA) is 91.4 Å². The number of anilines is 1. The van der Waals surface area contributed by atoms with Gasteiger partial charge in [0.2, 0.25) is 0 Å². The second-order valence-electron chi connectivity index (χ2n) is 6.52. The Morgan fingerprint density at radius 2 is 2.04 bits per heavy atom. The molecule has 6 nitrogen and oxygen atoms in total. The summed E-state index contributed by atoms with van der Waals surface area (Å²) in [6.07, 6.45) is 0. The fourth-order valence-electron chi connectivity index (χ4n) is 2.70. The van der Waals surface area contributed by atoms with Gasteiger partial charge >= 0.3 is 0 Å². The average Bonchev–Trinajstić information content (AvgIpc) is 2.53. The summed E-state index contributed by atoms with van der Waals surface area (Å²) in [5.41, 5.74) is 7.71. The molecule has 4 N–H and O–H groups in total. The first kappa shape index (κ1) is 17.4. The molecule has 1 aliphatic rings. The fourth-order valence-corrected chi connectivity index (χ4v) is 2.70. The Kier molecular flexibility index (Phi) is 5.38. The van der Waals surface area contributed by atoms with E-state index in [0.717, 1.165) is 26.3 Å². The van der Waals surface area contributed by atoms with Crippen molar-refractivity contribution in [1.29, 1.82) is 5.41 Å². The molecule has 126 valence electrons. The Hall–Kier alpha value is -1.92. The van der Waals surface area contributed by atoms with E-state index in [4.69, 9.17) is 15.9 Å². The fraction of sp³-hybridized carbons (Fsp3) is 0.529. The van der Waals surface area contributed by atoms with Gasteiger partial charge < -0.3 is 21.2 Å². The third-order valence-corrected chi connectivity index (χ3v) is 4.27. The number of morpholine rings is 1. The molecule has 1 heterocycles. The van der Waals surface area contributed by atoms with Crippen LogP contribution in [0.5, 0.6) is 0 Å². The lowest BCUT2D eigenvalue weighted by atomic mass is 10.0. The minimum atomic E-state index is -0.145. The minimum Gasteiger partial charge on any atom is -0.398 e. The smallest absolute Gasteiger partial charge is 0.251 e. The Morgan fingerprint density at radius 1 is 1.39 bits per heavy atom. The van der Waals surface area contributed by atoms with Crippen LogP contribution in [0.2, 0.25) is 0 Å². The van der Waals surface area contributed by atoms with Crippen LogP contribution in [0.4, 0.5) is 5.69 Å². The zero-order valence-electron chi connectivity index (χ0n) is 14.1. The number of rotatable bonds is 5. The predicted octanol–water partition coefficient (Wildman–Crippen LogP) is 1.50. The monoisotopic (exact) mass is 318 g/mol. The van der Waals surface area contributed by atoms with Gasteiger partial charge in [-0.3, -0.25) is 9.69 Å². The number of hydrogen-bond acceptors (Lipinski definition) is 5. The van der Waals surface area contributed by atoms with Crippen molar-refractivity contribution in [3.05, 3.63) is 29.3 Å². The number of hydrogen-bond donors (Lipinski definition) is 3. The van der Waals surface area contributed by atoms with E-state index in [-0.39, 0.29) is 11.4 Å². The quantitative estimate of drug-likeness (QED) is 0.567. The van der Waals surface area contributed by atoms with Gasteiger partial charge in [0.15, 0.2) is 0 Å². The molecule has 2 rings (SSSR count). The van der Waals surface area contributed by atoms with Crippen LogP contribution in [-0.2, 0) is 4.74 Å². The molecule has 23 heavy (non-hydrogen) atoms. The van der Waals surface area contributed by atoms with Crippen molar-refractivity contribution in [1.82, 2.24) is 10.2 Å². The third kappa shape index (κ3) is 4.30. The molecule has 0 bridgehead atoms. The minimum absolute atomic E-state index is 0.131. The van der Waals surface area contributed by atoms with Crippen molar-refractivity contribution >= 4 is 17.3 Å². The molecule has 6 heteroatoms. The molecule has 1 saturated heterocycles. The SMILES string of the molecule is CC(=N)c1cc(C(=O)NCC(C)(C)N2CCOCC2)ccc1N. The number of nitrogens with zero attached hydrogens (tertiary/aromatic N) is 1. The summed E-state index contributed by atoms with van der Waals surface area (Å²) in [6.45, 7) is 9.67. The summed E-state index contributed by atoms with van der Waals surface area (Å²) in [5, 5.41) is 10.7. The van der Waals surface area contributed by atoms with Crippen molar-refractivity contribution in [2.75, 3.05) is 38.6 Å². The molecule has 1 aliphatic heterocycles. The summed E-state index contributed by atoms with van der Waals surface area (Å²) in [7, 11) is 0. The van der Waals surface area contributed by atoms with Gasteiger partial charge in [-0.05, 0) is 39.0 Å². The van der Waals surface area contributed by atoms with Gasteiger partial charge in [0.1, 0.15) is 0 Å². The van der Waals surface area contributed by atoms with Gasteiger partial charge in [-0.15, -0.1) is 0 Å². The van der Waals surface area contributed by atoms with Gasteiger partial charge in [0, 0.05) is 47.7 Å². The number of nitrogen functional groups attached to an aromatic ring is 1. The molecule has 0 saturated carbocycles. The second-order valence-corrected chi connectivity index (χ2v) is 6.52. The van der Waals surface area contributed by atoms with E-state index in [0.29, 0.717) is 29.1 Å². The maximum Gasteiger partial charge on any atom is 0.251 e. The molecule has 0 spiro atoms.